The number of thioether (sulfide) groups is 2. The van der Waals surface area contributed by atoms with Crippen LogP contribution < -0.4 is 5.73 Å². The van der Waals surface area contributed by atoms with Crippen LogP contribution in [0.3, 0.4) is 0 Å². The molecule has 4 atom stereocenters. The van der Waals surface area contributed by atoms with Crippen LogP contribution in [-0.2, 0) is 6.42 Å². The van der Waals surface area contributed by atoms with Gasteiger partial charge >= 0.3 is 0 Å². The first-order valence-corrected chi connectivity index (χ1v) is 9.78. The van der Waals surface area contributed by atoms with Crippen molar-refractivity contribution in [3.63, 3.8) is 0 Å². The Bertz CT molecular complexity index is 438. The Morgan fingerprint density at radius 3 is 2.71 bits per heavy atom. The van der Waals surface area contributed by atoms with Gasteiger partial charge in [0.25, 0.3) is 0 Å². The average Bonchev–Trinajstić information content (AvgIpc) is 2.89. The summed E-state index contributed by atoms with van der Waals surface area (Å²) < 4.78 is 5.45. The smallest absolute Gasteiger partial charge is 0.227 e. The Morgan fingerprint density at radius 2 is 2.10 bits per heavy atom. The molecule has 120 valence electrons. The summed E-state index contributed by atoms with van der Waals surface area (Å²) in [5.74, 6) is 3.76. The lowest BCUT2D eigenvalue weighted by atomic mass is 9.94. The van der Waals surface area contributed by atoms with E-state index in [0.29, 0.717) is 34.1 Å². The molecule has 0 amide bonds. The summed E-state index contributed by atoms with van der Waals surface area (Å²) >= 11 is 3.97. The van der Waals surface area contributed by atoms with Gasteiger partial charge < -0.3 is 10.3 Å². The molecule has 0 aliphatic carbocycles. The summed E-state index contributed by atoms with van der Waals surface area (Å²) in [6.07, 6.45) is 1.91. The first-order chi connectivity index (χ1) is 9.99. The van der Waals surface area contributed by atoms with Crippen molar-refractivity contribution in [1.29, 1.82) is 0 Å². The third kappa shape index (κ3) is 4.89. The molecule has 0 saturated carbocycles. The third-order valence-electron chi connectivity index (χ3n) is 3.92. The van der Waals surface area contributed by atoms with Crippen molar-refractivity contribution in [3.05, 3.63) is 11.7 Å². The highest BCUT2D eigenvalue weighted by Crippen LogP contribution is 2.43. The second-order valence-electron chi connectivity index (χ2n) is 6.35. The van der Waals surface area contributed by atoms with Crippen molar-refractivity contribution in [3.8, 4) is 0 Å². The number of nitrogens with zero attached hydrogens (tertiary/aromatic N) is 2. The van der Waals surface area contributed by atoms with E-state index < -0.39 is 0 Å². The number of nitrogens with two attached hydrogens (primary N) is 1. The Kier molecular flexibility index (Phi) is 6.44. The van der Waals surface area contributed by atoms with Crippen molar-refractivity contribution in [2.75, 3.05) is 12.3 Å². The van der Waals surface area contributed by atoms with Gasteiger partial charge in [0.2, 0.25) is 5.89 Å². The van der Waals surface area contributed by atoms with Crippen molar-refractivity contribution < 1.29 is 4.52 Å². The van der Waals surface area contributed by atoms with E-state index in [1.54, 1.807) is 0 Å². The normalized spacial score (nSPS) is 28.0. The predicted molar refractivity (Wildman–Crippen MR) is 91.7 cm³/mol. The fourth-order valence-electron chi connectivity index (χ4n) is 2.58. The molecule has 1 aliphatic heterocycles. The van der Waals surface area contributed by atoms with Gasteiger partial charge in [0, 0.05) is 22.7 Å². The van der Waals surface area contributed by atoms with Crippen molar-refractivity contribution in [2.45, 2.75) is 56.3 Å². The average molecular weight is 330 g/mol. The molecule has 1 aromatic heterocycles. The highest BCUT2D eigenvalue weighted by Gasteiger charge is 2.30. The van der Waals surface area contributed by atoms with E-state index in [-0.39, 0.29) is 0 Å². The molecule has 0 bridgehead atoms. The number of aromatic nitrogens is 2. The molecule has 2 N–H and O–H groups in total. The first-order valence-electron chi connectivity index (χ1n) is 7.79. The van der Waals surface area contributed by atoms with Crippen LogP contribution in [0.1, 0.15) is 51.1 Å². The van der Waals surface area contributed by atoms with Crippen LogP contribution in [0.2, 0.25) is 0 Å². The lowest BCUT2D eigenvalue weighted by Gasteiger charge is -2.29. The predicted octanol–water partition coefficient (Wildman–Crippen LogP) is 3.53. The number of hydrogen-bond acceptors (Lipinski definition) is 6. The molecule has 1 saturated heterocycles. The van der Waals surface area contributed by atoms with E-state index in [1.807, 2.05) is 23.5 Å². The van der Waals surface area contributed by atoms with Gasteiger partial charge in [-0.05, 0) is 24.8 Å². The van der Waals surface area contributed by atoms with Crippen LogP contribution in [0.15, 0.2) is 4.52 Å². The highest BCUT2D eigenvalue weighted by molar-refractivity contribution is 8.07. The molecular weight excluding hydrogens is 302 g/mol. The van der Waals surface area contributed by atoms with E-state index in [2.05, 4.69) is 37.8 Å². The summed E-state index contributed by atoms with van der Waals surface area (Å²) in [5, 5.41) is 5.90. The van der Waals surface area contributed by atoms with E-state index in [1.165, 1.54) is 0 Å². The van der Waals surface area contributed by atoms with Gasteiger partial charge in [-0.15, -0.1) is 11.8 Å². The summed E-state index contributed by atoms with van der Waals surface area (Å²) in [7, 11) is 0. The van der Waals surface area contributed by atoms with Gasteiger partial charge in [-0.1, -0.05) is 32.9 Å². The van der Waals surface area contributed by atoms with E-state index >= 15 is 0 Å². The number of rotatable bonds is 6. The Balaban J connectivity index is 1.94. The third-order valence-corrected chi connectivity index (χ3v) is 7.31. The van der Waals surface area contributed by atoms with Gasteiger partial charge in [0.05, 0.1) is 5.25 Å². The van der Waals surface area contributed by atoms with Gasteiger partial charge in [0.1, 0.15) is 0 Å². The maximum atomic E-state index is 5.85. The summed E-state index contributed by atoms with van der Waals surface area (Å²) in [6.45, 7) is 9.69. The Hall–Kier alpha value is -0.200. The van der Waals surface area contributed by atoms with Crippen LogP contribution in [-0.4, -0.2) is 32.9 Å². The number of hydrogen-bond donors (Lipinski definition) is 1. The van der Waals surface area contributed by atoms with Gasteiger partial charge in [0.15, 0.2) is 5.82 Å². The van der Waals surface area contributed by atoms with Gasteiger partial charge in [-0.25, -0.2) is 0 Å². The molecule has 6 heteroatoms. The van der Waals surface area contributed by atoms with Crippen molar-refractivity contribution in [2.24, 2.45) is 17.6 Å². The molecule has 1 aromatic rings. The fraction of sp³-hybridized carbons (Fsp3) is 0.867. The molecule has 3 unspecified atom stereocenters. The zero-order valence-corrected chi connectivity index (χ0v) is 15.0. The maximum absolute atomic E-state index is 5.85. The van der Waals surface area contributed by atoms with Gasteiger partial charge in [-0.3, -0.25) is 0 Å². The Morgan fingerprint density at radius 1 is 1.33 bits per heavy atom. The maximum Gasteiger partial charge on any atom is 0.227 e. The van der Waals surface area contributed by atoms with Crippen LogP contribution in [0.4, 0.5) is 0 Å². The summed E-state index contributed by atoms with van der Waals surface area (Å²) in [4.78, 5) is 4.62. The zero-order chi connectivity index (χ0) is 15.4. The molecule has 1 aliphatic rings. The molecule has 0 aromatic carbocycles. The summed E-state index contributed by atoms with van der Waals surface area (Å²) in [6, 6.07) is 0. The van der Waals surface area contributed by atoms with Crippen LogP contribution in [0, 0.1) is 11.8 Å². The molecule has 2 rings (SSSR count). The standard InChI is InChI=1S/C15H27N3OS2/c1-9(2)5-12(7-16)6-14-17-15(18-19-14)13-8-20-10(3)11(4)21-13/h9-13H,5-8,16H2,1-4H3/t10?,11?,12-,13?/m0/s1. The van der Waals surface area contributed by atoms with Crippen LogP contribution >= 0.6 is 23.5 Å². The minimum atomic E-state index is 0.361. The molecule has 21 heavy (non-hydrogen) atoms. The largest absolute Gasteiger partial charge is 0.339 e. The Labute approximate surface area is 136 Å². The lowest BCUT2D eigenvalue weighted by Crippen LogP contribution is -2.22. The minimum absolute atomic E-state index is 0.361. The van der Waals surface area contributed by atoms with E-state index in [4.69, 9.17) is 10.3 Å². The first kappa shape index (κ1) is 17.2. The van der Waals surface area contributed by atoms with Crippen molar-refractivity contribution >= 4 is 23.5 Å². The second-order valence-corrected chi connectivity index (χ2v) is 9.35. The zero-order valence-electron chi connectivity index (χ0n) is 13.4. The SMILES string of the molecule is CC(C)C[C@H](CN)Cc1nc(C2CSC(C)C(C)S2)no1. The lowest BCUT2D eigenvalue weighted by molar-refractivity contribution is 0.329. The second kappa shape index (κ2) is 7.88. The van der Waals surface area contributed by atoms with Crippen LogP contribution in [0.25, 0.3) is 0 Å². The fourth-order valence-corrected chi connectivity index (χ4v) is 5.41. The molecular formula is C15H27N3OS2. The molecule has 0 radical (unpaired) electrons. The molecule has 4 nitrogen and oxygen atoms in total. The summed E-state index contributed by atoms with van der Waals surface area (Å²) in [5.41, 5.74) is 5.85. The topological polar surface area (TPSA) is 64.9 Å². The monoisotopic (exact) mass is 329 g/mol. The molecule has 0 spiro atoms. The van der Waals surface area contributed by atoms with Gasteiger partial charge in [-0.2, -0.15) is 16.7 Å². The van der Waals surface area contributed by atoms with E-state index in [0.717, 1.165) is 30.3 Å². The molecule has 2 heterocycles. The highest BCUT2D eigenvalue weighted by atomic mass is 32.2. The quantitative estimate of drug-likeness (QED) is 0.861. The van der Waals surface area contributed by atoms with Crippen LogP contribution in [0.5, 0.6) is 0 Å². The molecule has 1 fully saturated rings. The van der Waals surface area contributed by atoms with E-state index in [9.17, 15) is 0 Å². The van der Waals surface area contributed by atoms with Crippen molar-refractivity contribution in [1.82, 2.24) is 10.1 Å². The minimum Gasteiger partial charge on any atom is -0.339 e.